The second kappa shape index (κ2) is 5.75. The highest BCUT2D eigenvalue weighted by molar-refractivity contribution is 7.99. The minimum Gasteiger partial charge on any atom is -0.310 e. The van der Waals surface area contributed by atoms with Crippen LogP contribution in [0.5, 0.6) is 0 Å². The largest absolute Gasteiger partial charge is 0.310 e. The third kappa shape index (κ3) is 6.66. The zero-order valence-corrected chi connectivity index (χ0v) is 10.3. The maximum absolute atomic E-state index is 11.0. The van der Waals surface area contributed by atoms with Crippen LogP contribution in [0.1, 0.15) is 0 Å². The zero-order chi connectivity index (χ0) is 13.7. The highest BCUT2D eigenvalue weighted by Crippen LogP contribution is 1.90. The summed E-state index contributed by atoms with van der Waals surface area (Å²) in [6.07, 6.45) is 0. The average Bonchev–Trinajstić information content (AvgIpc) is 2.15. The molecule has 0 fully saturated rings. The van der Waals surface area contributed by atoms with Crippen molar-refractivity contribution in [3.63, 3.8) is 0 Å². The molecule has 96 valence electrons. The van der Waals surface area contributed by atoms with Gasteiger partial charge in [-0.1, -0.05) is 13.2 Å². The van der Waals surface area contributed by atoms with Gasteiger partial charge in [0.2, 0.25) is 5.91 Å². The van der Waals surface area contributed by atoms with E-state index in [0.29, 0.717) is 16.2 Å². The van der Waals surface area contributed by atoms with Gasteiger partial charge in [0, 0.05) is 10.8 Å². The Kier molecular flexibility index (Phi) is 5.26. The normalized spacial score (nSPS) is 14.2. The molecule has 17 heavy (non-hydrogen) atoms. The molecular weight excluding hydrogens is 270 g/mol. The average molecular weight is 281 g/mol. The number of sulfone groups is 1. The molecule has 9 heteroatoms. The summed E-state index contributed by atoms with van der Waals surface area (Å²) in [6.45, 7) is 5.98. The fourth-order valence-electron chi connectivity index (χ4n) is 0.646. The Morgan fingerprint density at radius 2 is 1.71 bits per heavy atom. The van der Waals surface area contributed by atoms with Gasteiger partial charge in [-0.05, 0) is 0 Å². The maximum atomic E-state index is 11.0. The minimum atomic E-state index is -3.78. The van der Waals surface area contributed by atoms with Crippen LogP contribution in [0.3, 0.4) is 0 Å². The van der Waals surface area contributed by atoms with Crippen molar-refractivity contribution < 1.29 is 26.8 Å². The number of nitrogens with one attached hydrogen (secondary N) is 1. The molecule has 0 aromatic carbocycles. The number of hydrogen-bond acceptors (Lipinski definition) is 5. The Balaban J connectivity index is 4.70. The van der Waals surface area contributed by atoms with Crippen LogP contribution in [0.25, 0.3) is 0 Å². The Morgan fingerprint density at radius 1 is 1.18 bits per heavy atom. The number of carbonyl (C=O) groups is 2. The number of imide groups is 1. The lowest BCUT2D eigenvalue weighted by Gasteiger charge is -2.00. The summed E-state index contributed by atoms with van der Waals surface area (Å²) >= 11 is 0. The molecule has 0 rings (SSSR count). The maximum Gasteiger partial charge on any atom is 0.261 e. The van der Waals surface area contributed by atoms with E-state index >= 15 is 0 Å². The summed E-state index contributed by atoms with van der Waals surface area (Å²) < 4.78 is 41.7. The van der Waals surface area contributed by atoms with Crippen LogP contribution in [0.15, 0.2) is 24.0 Å². The predicted octanol–water partition coefficient (Wildman–Crippen LogP) is -1.11. The molecule has 0 aromatic heterocycles. The van der Waals surface area contributed by atoms with E-state index in [1.54, 1.807) is 5.32 Å². The van der Waals surface area contributed by atoms with Gasteiger partial charge < -0.3 is 4.55 Å². The highest BCUT2D eigenvalue weighted by Gasteiger charge is 2.15. The predicted molar refractivity (Wildman–Crippen MR) is 64.2 cm³/mol. The van der Waals surface area contributed by atoms with E-state index in [-0.39, 0.29) is 0 Å². The van der Waals surface area contributed by atoms with Gasteiger partial charge >= 0.3 is 0 Å². The van der Waals surface area contributed by atoms with Crippen LogP contribution in [0.2, 0.25) is 0 Å². The van der Waals surface area contributed by atoms with Crippen molar-refractivity contribution in [1.82, 2.24) is 5.32 Å². The summed E-state index contributed by atoms with van der Waals surface area (Å²) in [4.78, 5) is 22.0. The molecule has 0 saturated heterocycles. The van der Waals surface area contributed by atoms with Crippen molar-refractivity contribution in [1.29, 1.82) is 0 Å². The van der Waals surface area contributed by atoms with E-state index in [2.05, 4.69) is 13.2 Å². The van der Waals surface area contributed by atoms with E-state index in [4.69, 9.17) is 4.55 Å². The molecule has 0 aliphatic carbocycles. The summed E-state index contributed by atoms with van der Waals surface area (Å²) in [5.74, 6) is -3.26. The van der Waals surface area contributed by atoms with Gasteiger partial charge in [0.25, 0.3) is 5.91 Å². The molecule has 0 aliphatic rings. The van der Waals surface area contributed by atoms with E-state index in [1.807, 2.05) is 0 Å². The third-order valence-electron chi connectivity index (χ3n) is 1.36. The Morgan fingerprint density at radius 3 is 2.12 bits per heavy atom. The molecule has 1 atom stereocenters. The molecule has 2 N–H and O–H groups in total. The second-order valence-electron chi connectivity index (χ2n) is 2.78. The highest BCUT2D eigenvalue weighted by atomic mass is 32.2. The van der Waals surface area contributed by atoms with Crippen molar-refractivity contribution in [3.05, 3.63) is 24.0 Å². The second-order valence-corrected chi connectivity index (χ2v) is 6.53. The minimum absolute atomic E-state index is 0.332. The quantitative estimate of drug-likeness (QED) is 0.617. The molecule has 0 aliphatic heterocycles. The van der Waals surface area contributed by atoms with Crippen LogP contribution >= 0.6 is 0 Å². The van der Waals surface area contributed by atoms with Gasteiger partial charge in [-0.15, -0.1) is 0 Å². The summed E-state index contributed by atoms with van der Waals surface area (Å²) in [5, 5.41) is 3.14. The molecule has 0 bridgehead atoms. The fraction of sp³-hybridized carbons (Fsp3) is 0.125. The van der Waals surface area contributed by atoms with Crippen LogP contribution in [0, 0.1) is 0 Å². The van der Waals surface area contributed by atoms with Crippen molar-refractivity contribution >= 4 is 36.8 Å². The van der Waals surface area contributed by atoms with Crippen molar-refractivity contribution in [2.75, 3.05) is 5.75 Å². The van der Waals surface area contributed by atoms with Crippen LogP contribution in [0.4, 0.5) is 0 Å². The van der Waals surface area contributed by atoms with Gasteiger partial charge in [-0.2, -0.15) is 0 Å². The topological polar surface area (TPSA) is 118 Å². The van der Waals surface area contributed by atoms with Crippen molar-refractivity contribution in [2.45, 2.75) is 0 Å². The lowest BCUT2D eigenvalue weighted by atomic mass is 10.6. The molecule has 7 nitrogen and oxygen atoms in total. The molecule has 0 spiro atoms. The van der Waals surface area contributed by atoms with E-state index in [1.165, 1.54) is 0 Å². The third-order valence-corrected chi connectivity index (χ3v) is 3.57. The Hall–Kier alpha value is -1.45. The van der Waals surface area contributed by atoms with Gasteiger partial charge in [-0.3, -0.25) is 14.9 Å². The first-order valence-corrected chi connectivity index (χ1v) is 7.40. The molecule has 0 aromatic rings. The van der Waals surface area contributed by atoms with Crippen LogP contribution in [-0.4, -0.2) is 40.1 Å². The van der Waals surface area contributed by atoms with E-state index < -0.39 is 37.2 Å². The standard InChI is InChI=1S/C8H11NO6S2/c1-3-16(12,13)5-7(10)9-8(11)6-17(14,15)4-2/h3-5H,1-2,6H2,(H,12,13)(H,9,10,11). The number of rotatable bonds is 5. The van der Waals surface area contributed by atoms with Gasteiger partial charge in [0.05, 0.1) is 5.37 Å². The number of carbonyl (C=O) groups excluding carboxylic acids is 2. The SMILES string of the molecule is C=CS(=O)(=O)CC(=O)NC(=O)C=S(=O)(O)C=C. The molecule has 2 amide bonds. The van der Waals surface area contributed by atoms with Crippen LogP contribution in [-0.2, 0) is 29.2 Å². The number of amides is 2. The molecule has 0 heterocycles. The summed E-state index contributed by atoms with van der Waals surface area (Å²) in [7, 11) is -7.44. The lowest BCUT2D eigenvalue weighted by molar-refractivity contribution is -0.125. The van der Waals surface area contributed by atoms with Gasteiger partial charge in [0.15, 0.2) is 9.84 Å². The first-order chi connectivity index (χ1) is 7.62. The fourth-order valence-corrected chi connectivity index (χ4v) is 1.66. The van der Waals surface area contributed by atoms with Gasteiger partial charge in [-0.25, -0.2) is 12.6 Å². The van der Waals surface area contributed by atoms with Crippen molar-refractivity contribution in [3.8, 4) is 0 Å². The summed E-state index contributed by atoms with van der Waals surface area (Å²) in [6, 6.07) is 0. The van der Waals surface area contributed by atoms with Crippen molar-refractivity contribution in [2.24, 2.45) is 0 Å². The first-order valence-electron chi connectivity index (χ1n) is 4.05. The lowest BCUT2D eigenvalue weighted by Crippen LogP contribution is -2.36. The van der Waals surface area contributed by atoms with E-state index in [0.717, 1.165) is 0 Å². The number of hydrogen-bond donors (Lipinski definition) is 2. The van der Waals surface area contributed by atoms with E-state index in [9.17, 15) is 22.2 Å². The molecular formula is C8H11NO6S2. The summed E-state index contributed by atoms with van der Waals surface area (Å²) in [5.41, 5.74) is 0. The Bertz CT molecular complexity index is 565. The zero-order valence-electron chi connectivity index (χ0n) is 8.66. The first kappa shape index (κ1) is 15.6. The molecule has 1 unspecified atom stereocenters. The Labute approximate surface area is 99.0 Å². The van der Waals surface area contributed by atoms with Gasteiger partial charge in [0.1, 0.15) is 15.6 Å². The van der Waals surface area contributed by atoms with Crippen LogP contribution < -0.4 is 5.32 Å². The monoisotopic (exact) mass is 281 g/mol. The smallest absolute Gasteiger partial charge is 0.261 e. The molecule has 0 saturated carbocycles. The molecule has 0 radical (unpaired) electrons.